The summed E-state index contributed by atoms with van der Waals surface area (Å²) in [4.78, 5) is 14.6. The monoisotopic (exact) mass is 392 g/mol. The molecule has 1 aromatic rings. The van der Waals surface area contributed by atoms with E-state index in [-0.39, 0.29) is 18.3 Å². The van der Waals surface area contributed by atoms with Gasteiger partial charge in [-0.3, -0.25) is 4.79 Å². The van der Waals surface area contributed by atoms with Gasteiger partial charge >= 0.3 is 0 Å². The van der Waals surface area contributed by atoms with Gasteiger partial charge in [-0.15, -0.1) is 12.4 Å². The molecular weight excluding hydrogens is 375 g/mol. The minimum atomic E-state index is 0. The zero-order valence-electron chi connectivity index (χ0n) is 10.9. The quantitative estimate of drug-likeness (QED) is 0.744. The number of aryl methyl sites for hydroxylation is 1. The average Bonchev–Trinajstić information content (AvgIpc) is 2.92. The molecule has 0 saturated carbocycles. The van der Waals surface area contributed by atoms with Gasteiger partial charge in [0.1, 0.15) is 0 Å². The van der Waals surface area contributed by atoms with Gasteiger partial charge in [0.05, 0.1) is 5.56 Å². The first-order chi connectivity index (χ1) is 8.66. The minimum absolute atomic E-state index is 0. The van der Waals surface area contributed by atoms with Crippen molar-refractivity contribution >= 4 is 40.9 Å². The molecule has 104 valence electrons. The highest BCUT2D eigenvalue weighted by Crippen LogP contribution is 2.28. The number of hydrogen-bond donors (Lipinski definition) is 1. The molecule has 2 aliphatic heterocycles. The van der Waals surface area contributed by atoms with Crippen LogP contribution in [-0.2, 0) is 0 Å². The summed E-state index contributed by atoms with van der Waals surface area (Å²) in [5, 5.41) is 3.40. The first-order valence-electron chi connectivity index (χ1n) is 6.42. The van der Waals surface area contributed by atoms with Crippen molar-refractivity contribution in [1.29, 1.82) is 0 Å². The van der Waals surface area contributed by atoms with E-state index in [1.165, 1.54) is 5.56 Å². The number of carbonyl (C=O) groups is 1. The Labute approximate surface area is 133 Å². The van der Waals surface area contributed by atoms with Gasteiger partial charge in [-0.2, -0.15) is 0 Å². The topological polar surface area (TPSA) is 32.3 Å². The Bertz CT molecular complexity index is 482. The summed E-state index contributed by atoms with van der Waals surface area (Å²) in [6.45, 7) is 6.03. The molecule has 2 atom stereocenters. The summed E-state index contributed by atoms with van der Waals surface area (Å²) < 4.78 is 1.09. The third-order valence-corrected chi connectivity index (χ3v) is 5.53. The van der Waals surface area contributed by atoms with Crippen LogP contribution in [0.25, 0.3) is 0 Å². The maximum absolute atomic E-state index is 12.6. The summed E-state index contributed by atoms with van der Waals surface area (Å²) >= 11 is 2.28. The van der Waals surface area contributed by atoms with E-state index in [4.69, 9.17) is 0 Å². The summed E-state index contributed by atoms with van der Waals surface area (Å²) in [6, 6.07) is 5.98. The number of halogens is 2. The van der Waals surface area contributed by atoms with E-state index in [1.54, 1.807) is 0 Å². The van der Waals surface area contributed by atoms with Crippen LogP contribution in [0.1, 0.15) is 15.9 Å². The molecule has 0 bridgehead atoms. The van der Waals surface area contributed by atoms with Crippen LogP contribution in [0.3, 0.4) is 0 Å². The van der Waals surface area contributed by atoms with Crippen molar-refractivity contribution in [3.05, 3.63) is 32.9 Å². The van der Waals surface area contributed by atoms with E-state index >= 15 is 0 Å². The van der Waals surface area contributed by atoms with Crippen molar-refractivity contribution in [3.8, 4) is 0 Å². The SMILES string of the molecule is Cc1cccc(C(=O)N2C[C@H]3CNC[C@H]3C2)c1I.Cl. The molecule has 3 nitrogen and oxygen atoms in total. The van der Waals surface area contributed by atoms with Crippen molar-refractivity contribution in [1.82, 2.24) is 10.2 Å². The highest BCUT2D eigenvalue weighted by atomic mass is 127. The number of benzene rings is 1. The van der Waals surface area contributed by atoms with Crippen LogP contribution in [-0.4, -0.2) is 37.0 Å². The second-order valence-electron chi connectivity index (χ2n) is 5.32. The fourth-order valence-electron chi connectivity index (χ4n) is 3.00. The lowest BCUT2D eigenvalue weighted by atomic mass is 10.0. The van der Waals surface area contributed by atoms with Crippen LogP contribution in [0.5, 0.6) is 0 Å². The van der Waals surface area contributed by atoms with Crippen LogP contribution < -0.4 is 5.32 Å². The molecule has 3 rings (SSSR count). The Kier molecular flexibility index (Phi) is 4.74. The van der Waals surface area contributed by atoms with Gasteiger partial charge in [0, 0.05) is 29.7 Å². The normalized spacial score (nSPS) is 25.1. The lowest BCUT2D eigenvalue weighted by Gasteiger charge is -2.18. The third kappa shape index (κ3) is 2.76. The van der Waals surface area contributed by atoms with Gasteiger partial charge in [-0.05, 0) is 53.0 Å². The number of rotatable bonds is 1. The molecule has 1 N–H and O–H groups in total. The molecule has 5 heteroatoms. The summed E-state index contributed by atoms with van der Waals surface area (Å²) in [5.41, 5.74) is 2.05. The smallest absolute Gasteiger partial charge is 0.254 e. The van der Waals surface area contributed by atoms with Crippen molar-refractivity contribution in [3.63, 3.8) is 0 Å². The molecule has 0 radical (unpaired) electrons. The molecule has 1 aromatic carbocycles. The van der Waals surface area contributed by atoms with Crippen molar-refractivity contribution in [2.75, 3.05) is 26.2 Å². The van der Waals surface area contributed by atoms with E-state index in [1.807, 2.05) is 17.0 Å². The zero-order chi connectivity index (χ0) is 12.7. The fourth-order valence-corrected chi connectivity index (χ4v) is 3.59. The van der Waals surface area contributed by atoms with Gasteiger partial charge in [-0.1, -0.05) is 12.1 Å². The summed E-state index contributed by atoms with van der Waals surface area (Å²) in [5.74, 6) is 1.53. The van der Waals surface area contributed by atoms with Gasteiger partial charge in [0.2, 0.25) is 0 Å². The van der Waals surface area contributed by atoms with Crippen LogP contribution in [0, 0.1) is 22.3 Å². The van der Waals surface area contributed by atoms with Crippen LogP contribution >= 0.6 is 35.0 Å². The molecule has 0 aromatic heterocycles. The Hall–Kier alpha value is -0.330. The Morgan fingerprint density at radius 3 is 2.58 bits per heavy atom. The zero-order valence-corrected chi connectivity index (χ0v) is 13.8. The maximum Gasteiger partial charge on any atom is 0.254 e. The molecule has 2 heterocycles. The molecule has 19 heavy (non-hydrogen) atoms. The number of amides is 1. The highest BCUT2D eigenvalue weighted by molar-refractivity contribution is 14.1. The molecular formula is C14H18ClIN2O. The van der Waals surface area contributed by atoms with Crippen LogP contribution in [0.15, 0.2) is 18.2 Å². The summed E-state index contributed by atoms with van der Waals surface area (Å²) in [6.07, 6.45) is 0. The predicted octanol–water partition coefficient (Wildman–Crippen LogP) is 2.31. The van der Waals surface area contributed by atoms with Gasteiger partial charge in [0.25, 0.3) is 5.91 Å². The van der Waals surface area contributed by atoms with Gasteiger partial charge < -0.3 is 10.2 Å². The first-order valence-corrected chi connectivity index (χ1v) is 7.50. The first kappa shape index (κ1) is 15.1. The average molecular weight is 393 g/mol. The Morgan fingerprint density at radius 2 is 1.95 bits per heavy atom. The van der Waals surface area contributed by atoms with E-state index in [0.29, 0.717) is 11.8 Å². The number of fused-ring (bicyclic) bond motifs is 1. The molecule has 1 amide bonds. The van der Waals surface area contributed by atoms with Gasteiger partial charge in [-0.25, -0.2) is 0 Å². The van der Waals surface area contributed by atoms with Crippen molar-refractivity contribution in [2.24, 2.45) is 11.8 Å². The highest BCUT2D eigenvalue weighted by Gasteiger charge is 2.38. The van der Waals surface area contributed by atoms with Crippen LogP contribution in [0.2, 0.25) is 0 Å². The summed E-state index contributed by atoms with van der Waals surface area (Å²) in [7, 11) is 0. The standard InChI is InChI=1S/C14H17IN2O.ClH/c1-9-3-2-4-12(13(9)15)14(18)17-7-10-5-16-6-11(10)8-17;/h2-4,10-11,16H,5-8H2,1H3;1H/t10-,11+;. The van der Waals surface area contributed by atoms with Gasteiger partial charge in [0.15, 0.2) is 0 Å². The van der Waals surface area contributed by atoms with E-state index in [9.17, 15) is 4.79 Å². The van der Waals surface area contributed by atoms with Crippen molar-refractivity contribution < 1.29 is 4.79 Å². The molecule has 2 saturated heterocycles. The largest absolute Gasteiger partial charge is 0.338 e. The van der Waals surface area contributed by atoms with E-state index < -0.39 is 0 Å². The molecule has 2 aliphatic rings. The van der Waals surface area contributed by atoms with E-state index in [0.717, 1.165) is 35.3 Å². The number of nitrogens with zero attached hydrogens (tertiary/aromatic N) is 1. The second kappa shape index (κ2) is 5.97. The molecule has 2 fully saturated rings. The van der Waals surface area contributed by atoms with Crippen molar-refractivity contribution in [2.45, 2.75) is 6.92 Å². The molecule has 0 unspecified atom stereocenters. The number of nitrogens with one attached hydrogen (secondary N) is 1. The fraction of sp³-hybridized carbons (Fsp3) is 0.500. The molecule has 0 spiro atoms. The van der Waals surface area contributed by atoms with Crippen LogP contribution in [0.4, 0.5) is 0 Å². The lowest BCUT2D eigenvalue weighted by Crippen LogP contribution is -2.32. The maximum atomic E-state index is 12.6. The minimum Gasteiger partial charge on any atom is -0.338 e. The van der Waals surface area contributed by atoms with E-state index in [2.05, 4.69) is 40.9 Å². The Morgan fingerprint density at radius 1 is 1.32 bits per heavy atom. The number of carbonyl (C=O) groups excluding carboxylic acids is 1. The predicted molar refractivity (Wildman–Crippen MR) is 86.9 cm³/mol. The number of likely N-dealkylation sites (tertiary alicyclic amines) is 1. The lowest BCUT2D eigenvalue weighted by molar-refractivity contribution is 0.0780. The second-order valence-corrected chi connectivity index (χ2v) is 6.40. The number of hydrogen-bond acceptors (Lipinski definition) is 2. The third-order valence-electron chi connectivity index (χ3n) is 4.10. The molecule has 0 aliphatic carbocycles. The Balaban J connectivity index is 0.00000133.